The number of allylic oxidation sites excluding steroid dienone is 2. The predicted octanol–water partition coefficient (Wildman–Crippen LogP) is 1.86. The smallest absolute Gasteiger partial charge is 0.330 e. The molecule has 0 aromatic heterocycles. The van der Waals surface area contributed by atoms with Gasteiger partial charge in [-0.15, -0.1) is 0 Å². The summed E-state index contributed by atoms with van der Waals surface area (Å²) in [6.45, 7) is 3.91. The normalized spacial score (nSPS) is 30.9. The Balaban J connectivity index is 1.96. The Morgan fingerprint density at radius 2 is 2.17 bits per heavy atom. The molecule has 0 radical (unpaired) electrons. The number of cyclic esters (lactones) is 1. The van der Waals surface area contributed by atoms with E-state index < -0.39 is 5.97 Å². The highest BCUT2D eigenvalue weighted by atomic mass is 16.5. The van der Waals surface area contributed by atoms with Crippen LogP contribution in [-0.2, 0) is 19.1 Å². The van der Waals surface area contributed by atoms with Gasteiger partial charge in [-0.05, 0) is 31.1 Å². The predicted molar refractivity (Wildman–Crippen MR) is 65.6 cm³/mol. The zero-order chi connectivity index (χ0) is 13.0. The maximum atomic E-state index is 11.8. The third kappa shape index (κ3) is 3.00. The van der Waals surface area contributed by atoms with Crippen LogP contribution in [0.25, 0.3) is 0 Å². The van der Waals surface area contributed by atoms with Crippen LogP contribution in [0.2, 0.25) is 0 Å². The fraction of sp³-hybridized carbons (Fsp3) is 0.571. The molecule has 0 N–H and O–H groups in total. The van der Waals surface area contributed by atoms with E-state index in [1.165, 1.54) is 0 Å². The summed E-state index contributed by atoms with van der Waals surface area (Å²) in [5.41, 5.74) is 0. The molecule has 2 aliphatic rings. The third-order valence-electron chi connectivity index (χ3n) is 3.66. The van der Waals surface area contributed by atoms with Crippen LogP contribution in [-0.4, -0.2) is 25.2 Å². The van der Waals surface area contributed by atoms with Crippen molar-refractivity contribution in [2.75, 3.05) is 13.2 Å². The molecule has 1 aliphatic heterocycles. The first kappa shape index (κ1) is 12.9. The van der Waals surface area contributed by atoms with Crippen molar-refractivity contribution in [3.05, 3.63) is 24.8 Å². The molecule has 3 unspecified atom stereocenters. The molecule has 18 heavy (non-hydrogen) atoms. The van der Waals surface area contributed by atoms with Crippen LogP contribution in [0.5, 0.6) is 0 Å². The Hall–Kier alpha value is -1.58. The number of hydrogen-bond donors (Lipinski definition) is 0. The maximum absolute atomic E-state index is 11.8. The van der Waals surface area contributed by atoms with Crippen LogP contribution in [0, 0.1) is 17.8 Å². The van der Waals surface area contributed by atoms with Crippen LogP contribution in [0.15, 0.2) is 24.8 Å². The Kier molecular flexibility index (Phi) is 4.18. The van der Waals surface area contributed by atoms with E-state index >= 15 is 0 Å². The second-order valence-corrected chi connectivity index (χ2v) is 4.86. The van der Waals surface area contributed by atoms with Gasteiger partial charge in [-0.2, -0.15) is 0 Å². The highest BCUT2D eigenvalue weighted by molar-refractivity contribution is 5.81. The zero-order valence-electron chi connectivity index (χ0n) is 10.3. The van der Waals surface area contributed by atoms with E-state index in [0.717, 1.165) is 25.3 Å². The topological polar surface area (TPSA) is 52.6 Å². The van der Waals surface area contributed by atoms with Gasteiger partial charge in [0.2, 0.25) is 0 Å². The Bertz CT molecular complexity index is 372. The van der Waals surface area contributed by atoms with Gasteiger partial charge in [0.25, 0.3) is 0 Å². The molecule has 0 spiro atoms. The number of hydrogen-bond acceptors (Lipinski definition) is 4. The molecule has 1 heterocycles. The number of esters is 2. The van der Waals surface area contributed by atoms with E-state index in [4.69, 9.17) is 9.47 Å². The van der Waals surface area contributed by atoms with Gasteiger partial charge in [0.05, 0.1) is 12.5 Å². The summed E-state index contributed by atoms with van der Waals surface area (Å²) >= 11 is 0. The molecule has 98 valence electrons. The maximum Gasteiger partial charge on any atom is 0.330 e. The van der Waals surface area contributed by atoms with Crippen LogP contribution >= 0.6 is 0 Å². The summed E-state index contributed by atoms with van der Waals surface area (Å²) in [5.74, 6) is -0.211. The first-order valence-electron chi connectivity index (χ1n) is 6.31. The van der Waals surface area contributed by atoms with Gasteiger partial charge >= 0.3 is 11.9 Å². The molecule has 1 fully saturated rings. The highest BCUT2D eigenvalue weighted by Gasteiger charge is 2.34. The fourth-order valence-corrected chi connectivity index (χ4v) is 2.57. The van der Waals surface area contributed by atoms with Crippen LogP contribution in [0.1, 0.15) is 19.3 Å². The van der Waals surface area contributed by atoms with Crippen LogP contribution in [0.3, 0.4) is 0 Å². The SMILES string of the molecule is C=CC(=O)OCC1CC2CC=CCC2COC1=O. The second kappa shape index (κ2) is 5.85. The van der Waals surface area contributed by atoms with Crippen molar-refractivity contribution in [1.29, 1.82) is 0 Å². The lowest BCUT2D eigenvalue weighted by molar-refractivity contribution is -0.152. The summed E-state index contributed by atoms with van der Waals surface area (Å²) in [6, 6.07) is 0. The molecule has 0 aromatic rings. The number of rotatable bonds is 3. The largest absolute Gasteiger partial charge is 0.465 e. The first-order chi connectivity index (χ1) is 8.70. The lowest BCUT2D eigenvalue weighted by Crippen LogP contribution is -2.24. The van der Waals surface area contributed by atoms with Crippen molar-refractivity contribution in [3.63, 3.8) is 0 Å². The molecule has 3 atom stereocenters. The average molecular weight is 250 g/mol. The van der Waals surface area contributed by atoms with E-state index in [0.29, 0.717) is 18.4 Å². The van der Waals surface area contributed by atoms with E-state index in [1.807, 2.05) is 0 Å². The van der Waals surface area contributed by atoms with Crippen molar-refractivity contribution in [2.45, 2.75) is 19.3 Å². The third-order valence-corrected chi connectivity index (χ3v) is 3.66. The molecular weight excluding hydrogens is 232 g/mol. The van der Waals surface area contributed by atoms with E-state index in [9.17, 15) is 9.59 Å². The molecule has 0 bridgehead atoms. The molecule has 0 aromatic carbocycles. The summed E-state index contributed by atoms with van der Waals surface area (Å²) in [4.78, 5) is 22.8. The number of carbonyl (C=O) groups excluding carboxylic acids is 2. The fourth-order valence-electron chi connectivity index (χ4n) is 2.57. The lowest BCUT2D eigenvalue weighted by Gasteiger charge is -2.25. The quantitative estimate of drug-likeness (QED) is 0.436. The van der Waals surface area contributed by atoms with Crippen molar-refractivity contribution in [1.82, 2.24) is 0 Å². The highest BCUT2D eigenvalue weighted by Crippen LogP contribution is 2.34. The molecule has 4 nitrogen and oxygen atoms in total. The van der Waals surface area contributed by atoms with Gasteiger partial charge in [-0.3, -0.25) is 4.79 Å². The van der Waals surface area contributed by atoms with Gasteiger partial charge in [0, 0.05) is 6.08 Å². The summed E-state index contributed by atoms with van der Waals surface area (Å²) in [7, 11) is 0. The van der Waals surface area contributed by atoms with Gasteiger partial charge in [0.15, 0.2) is 0 Å². The minimum Gasteiger partial charge on any atom is -0.465 e. The van der Waals surface area contributed by atoms with Gasteiger partial charge in [-0.1, -0.05) is 18.7 Å². The Morgan fingerprint density at radius 3 is 2.89 bits per heavy atom. The monoisotopic (exact) mass is 250 g/mol. The van der Waals surface area contributed by atoms with Crippen molar-refractivity contribution < 1.29 is 19.1 Å². The number of fused-ring (bicyclic) bond motifs is 1. The van der Waals surface area contributed by atoms with E-state index in [1.54, 1.807) is 0 Å². The van der Waals surface area contributed by atoms with Gasteiger partial charge in [0.1, 0.15) is 6.61 Å². The molecule has 4 heteroatoms. The lowest BCUT2D eigenvalue weighted by atomic mass is 9.79. The molecule has 0 amide bonds. The van der Waals surface area contributed by atoms with Crippen molar-refractivity contribution in [2.24, 2.45) is 17.8 Å². The summed E-state index contributed by atoms with van der Waals surface area (Å²) in [6.07, 6.45) is 8.09. The van der Waals surface area contributed by atoms with Gasteiger partial charge in [-0.25, -0.2) is 4.79 Å². The summed E-state index contributed by atoms with van der Waals surface area (Å²) < 4.78 is 10.2. The molecule has 0 saturated carbocycles. The molecule has 2 rings (SSSR count). The molecule has 1 saturated heterocycles. The summed E-state index contributed by atoms with van der Waals surface area (Å²) in [5, 5.41) is 0. The number of carbonyl (C=O) groups is 2. The molecular formula is C14H18O4. The van der Waals surface area contributed by atoms with Crippen LogP contribution in [0.4, 0.5) is 0 Å². The zero-order valence-corrected chi connectivity index (χ0v) is 10.3. The minimum absolute atomic E-state index is 0.0939. The van der Waals surface area contributed by atoms with Crippen molar-refractivity contribution >= 4 is 11.9 Å². The van der Waals surface area contributed by atoms with E-state index in [2.05, 4.69) is 18.7 Å². The van der Waals surface area contributed by atoms with Crippen molar-refractivity contribution in [3.8, 4) is 0 Å². The van der Waals surface area contributed by atoms with Gasteiger partial charge < -0.3 is 9.47 Å². The van der Waals surface area contributed by atoms with E-state index in [-0.39, 0.29) is 18.5 Å². The van der Waals surface area contributed by atoms with Crippen LogP contribution < -0.4 is 0 Å². The number of ether oxygens (including phenoxy) is 2. The molecule has 1 aliphatic carbocycles. The Morgan fingerprint density at radius 1 is 1.44 bits per heavy atom. The standard InChI is InChI=1S/C14H18O4/c1-2-13(15)17-9-12-7-10-5-3-4-6-11(10)8-18-14(12)16/h2-4,10-12H,1,5-9H2. The second-order valence-electron chi connectivity index (χ2n) is 4.86. The first-order valence-corrected chi connectivity index (χ1v) is 6.31. The minimum atomic E-state index is -0.493. The Labute approximate surface area is 107 Å². The average Bonchev–Trinajstić information content (AvgIpc) is 2.56.